The van der Waals surface area contributed by atoms with Crippen molar-refractivity contribution in [2.24, 2.45) is 5.92 Å². The van der Waals surface area contributed by atoms with Crippen LogP contribution >= 0.6 is 23.2 Å². The van der Waals surface area contributed by atoms with Crippen LogP contribution in [-0.2, 0) is 16.1 Å². The predicted octanol–water partition coefficient (Wildman–Crippen LogP) is 5.60. The number of halogens is 2. The molecule has 0 spiro atoms. The largest absolute Gasteiger partial charge is 0.469 e. The van der Waals surface area contributed by atoms with Crippen LogP contribution in [0, 0.1) is 19.8 Å². The van der Waals surface area contributed by atoms with Crippen LogP contribution in [0.15, 0.2) is 30.3 Å². The zero-order valence-electron chi connectivity index (χ0n) is 18.5. The minimum Gasteiger partial charge on any atom is -0.469 e. The average Bonchev–Trinajstić information content (AvgIpc) is 2.71. The normalized spacial score (nSPS) is 18.2. The van der Waals surface area contributed by atoms with Crippen LogP contribution in [0.25, 0.3) is 0 Å². The lowest BCUT2D eigenvalue weighted by Crippen LogP contribution is -2.45. The van der Waals surface area contributed by atoms with E-state index < -0.39 is 0 Å². The maximum Gasteiger partial charge on any atom is 0.308 e. The van der Waals surface area contributed by atoms with Crippen molar-refractivity contribution < 1.29 is 9.53 Å². The molecule has 2 aliphatic heterocycles. The number of carbonyl (C=O) groups is 1. The second kappa shape index (κ2) is 9.40. The summed E-state index contributed by atoms with van der Waals surface area (Å²) in [7, 11) is 1.48. The van der Waals surface area contributed by atoms with Crippen LogP contribution < -0.4 is 4.90 Å². The third-order valence-corrected chi connectivity index (χ3v) is 7.50. The second-order valence-electron chi connectivity index (χ2n) is 8.87. The Bertz CT molecular complexity index is 921. The van der Waals surface area contributed by atoms with Gasteiger partial charge in [-0.3, -0.25) is 9.69 Å². The summed E-state index contributed by atoms with van der Waals surface area (Å²) in [5.41, 5.74) is 6.38. The van der Waals surface area contributed by atoms with Gasteiger partial charge in [0, 0.05) is 41.3 Å². The molecule has 0 aliphatic carbocycles. The summed E-state index contributed by atoms with van der Waals surface area (Å²) < 4.78 is 4.91. The predicted molar refractivity (Wildman–Crippen MR) is 127 cm³/mol. The standard InChI is InChI=1S/C25H30Cl2N2O2/c1-16-11-20(29-13-19(14-29)24-22(26)5-4-6-23(24)27)12-17(2)21(16)15-28-9-7-18(8-10-28)25(30)31-3/h4-6,11-12,18-19H,7-10,13-15H2,1-3H3. The quantitative estimate of drug-likeness (QED) is 0.543. The van der Waals surface area contributed by atoms with E-state index in [1.54, 1.807) is 0 Å². The van der Waals surface area contributed by atoms with Crippen molar-refractivity contribution in [3.63, 3.8) is 0 Å². The van der Waals surface area contributed by atoms with Crippen molar-refractivity contribution in [1.29, 1.82) is 0 Å². The highest BCUT2D eigenvalue weighted by Crippen LogP contribution is 2.39. The summed E-state index contributed by atoms with van der Waals surface area (Å²) in [4.78, 5) is 16.6. The second-order valence-corrected chi connectivity index (χ2v) is 9.68. The third kappa shape index (κ3) is 4.72. The van der Waals surface area contributed by atoms with Crippen molar-refractivity contribution in [3.8, 4) is 0 Å². The average molecular weight is 461 g/mol. The number of ether oxygens (including phenoxy) is 1. The van der Waals surface area contributed by atoms with Gasteiger partial charge >= 0.3 is 5.97 Å². The molecule has 2 saturated heterocycles. The molecule has 0 saturated carbocycles. The molecule has 0 bridgehead atoms. The van der Waals surface area contributed by atoms with Crippen molar-refractivity contribution >= 4 is 34.9 Å². The Kier molecular flexibility index (Phi) is 6.80. The van der Waals surface area contributed by atoms with Crippen molar-refractivity contribution in [2.75, 3.05) is 38.2 Å². The number of piperidine rings is 1. The van der Waals surface area contributed by atoms with E-state index in [9.17, 15) is 4.79 Å². The Hall–Kier alpha value is -1.75. The zero-order chi connectivity index (χ0) is 22.1. The zero-order valence-corrected chi connectivity index (χ0v) is 20.0. The molecule has 2 heterocycles. The minimum atomic E-state index is -0.0673. The number of carbonyl (C=O) groups excluding carboxylic acids is 1. The SMILES string of the molecule is COC(=O)C1CCN(Cc2c(C)cc(N3CC(c4c(Cl)cccc4Cl)C3)cc2C)CC1. The van der Waals surface area contributed by atoms with E-state index >= 15 is 0 Å². The molecule has 4 nitrogen and oxygen atoms in total. The first-order chi connectivity index (χ1) is 14.9. The van der Waals surface area contributed by atoms with Gasteiger partial charge in [0.05, 0.1) is 13.0 Å². The van der Waals surface area contributed by atoms with E-state index in [0.717, 1.165) is 61.2 Å². The van der Waals surface area contributed by atoms with E-state index in [0.29, 0.717) is 5.92 Å². The molecule has 4 rings (SSSR count). The number of benzene rings is 2. The highest BCUT2D eigenvalue weighted by molar-refractivity contribution is 6.36. The van der Waals surface area contributed by atoms with Crippen LogP contribution in [0.3, 0.4) is 0 Å². The lowest BCUT2D eigenvalue weighted by Gasteiger charge is -2.42. The third-order valence-electron chi connectivity index (χ3n) is 6.84. The Balaban J connectivity index is 1.39. The molecule has 6 heteroatoms. The molecule has 0 N–H and O–H groups in total. The van der Waals surface area contributed by atoms with E-state index in [-0.39, 0.29) is 11.9 Å². The van der Waals surface area contributed by atoms with Crippen molar-refractivity contribution in [2.45, 2.75) is 39.2 Å². The number of rotatable bonds is 5. The fourth-order valence-electron chi connectivity index (χ4n) is 4.89. The smallest absolute Gasteiger partial charge is 0.308 e. The topological polar surface area (TPSA) is 32.8 Å². The summed E-state index contributed by atoms with van der Waals surface area (Å²) in [5.74, 6) is 0.358. The Morgan fingerprint density at radius 2 is 1.65 bits per heavy atom. The van der Waals surface area contributed by atoms with E-state index in [1.165, 1.54) is 29.5 Å². The summed E-state index contributed by atoms with van der Waals surface area (Å²) in [6.45, 7) is 9.08. The molecule has 2 aromatic rings. The molecule has 31 heavy (non-hydrogen) atoms. The number of methoxy groups -OCH3 is 1. The number of hydrogen-bond donors (Lipinski definition) is 0. The molecular formula is C25H30Cl2N2O2. The molecule has 0 unspecified atom stereocenters. The van der Waals surface area contributed by atoms with Gasteiger partial charge in [-0.25, -0.2) is 0 Å². The summed E-state index contributed by atoms with van der Waals surface area (Å²) in [6.07, 6.45) is 1.76. The number of esters is 1. The molecule has 166 valence electrons. The van der Waals surface area contributed by atoms with Gasteiger partial charge in [-0.15, -0.1) is 0 Å². The summed E-state index contributed by atoms with van der Waals surface area (Å²) in [6, 6.07) is 10.3. The molecular weight excluding hydrogens is 431 g/mol. The summed E-state index contributed by atoms with van der Waals surface area (Å²) >= 11 is 12.8. The van der Waals surface area contributed by atoms with E-state index in [4.69, 9.17) is 27.9 Å². The molecule has 2 aliphatic rings. The Labute approximate surface area is 195 Å². The van der Waals surface area contributed by atoms with Crippen LogP contribution in [0.4, 0.5) is 5.69 Å². The first kappa shape index (κ1) is 22.4. The maximum atomic E-state index is 11.8. The van der Waals surface area contributed by atoms with Crippen LogP contribution in [0.1, 0.15) is 41.0 Å². The van der Waals surface area contributed by atoms with Gasteiger partial charge in [0.2, 0.25) is 0 Å². The number of hydrogen-bond acceptors (Lipinski definition) is 4. The van der Waals surface area contributed by atoms with Gasteiger partial charge in [-0.05, 0) is 86.3 Å². The molecule has 2 fully saturated rings. The number of likely N-dealkylation sites (tertiary alicyclic amines) is 1. The van der Waals surface area contributed by atoms with E-state index in [2.05, 4.69) is 35.8 Å². The minimum absolute atomic E-state index is 0.0526. The number of nitrogens with zero attached hydrogens (tertiary/aromatic N) is 2. The Morgan fingerprint density at radius 1 is 1.06 bits per heavy atom. The Morgan fingerprint density at radius 3 is 2.19 bits per heavy atom. The van der Waals surface area contributed by atoms with Gasteiger partial charge in [0.25, 0.3) is 0 Å². The van der Waals surface area contributed by atoms with Crippen molar-refractivity contribution in [1.82, 2.24) is 4.90 Å². The first-order valence-corrected chi connectivity index (χ1v) is 11.7. The van der Waals surface area contributed by atoms with Crippen molar-refractivity contribution in [3.05, 3.63) is 62.6 Å². The molecule has 0 atom stereocenters. The lowest BCUT2D eigenvalue weighted by molar-refractivity contribution is -0.147. The molecule has 2 aromatic carbocycles. The maximum absolute atomic E-state index is 11.8. The van der Waals surface area contributed by atoms with Crippen LogP contribution in [-0.4, -0.2) is 44.2 Å². The van der Waals surface area contributed by atoms with Gasteiger partial charge in [-0.2, -0.15) is 0 Å². The van der Waals surface area contributed by atoms with Gasteiger partial charge in [0.15, 0.2) is 0 Å². The fourth-order valence-corrected chi connectivity index (χ4v) is 5.60. The molecule has 0 radical (unpaired) electrons. The first-order valence-electron chi connectivity index (χ1n) is 11.0. The number of aryl methyl sites for hydroxylation is 2. The lowest BCUT2D eigenvalue weighted by atomic mass is 9.89. The summed E-state index contributed by atoms with van der Waals surface area (Å²) in [5, 5.41) is 1.52. The van der Waals surface area contributed by atoms with Gasteiger partial charge < -0.3 is 9.64 Å². The van der Waals surface area contributed by atoms with Gasteiger partial charge in [0.1, 0.15) is 0 Å². The van der Waals surface area contributed by atoms with Crippen LogP contribution in [0.2, 0.25) is 10.0 Å². The highest BCUT2D eigenvalue weighted by Gasteiger charge is 2.32. The molecule has 0 aromatic heterocycles. The van der Waals surface area contributed by atoms with Crippen LogP contribution in [0.5, 0.6) is 0 Å². The fraction of sp³-hybridized carbons (Fsp3) is 0.480. The molecule has 0 amide bonds. The highest BCUT2D eigenvalue weighted by atomic mass is 35.5. The monoisotopic (exact) mass is 460 g/mol. The number of anilines is 1. The van der Waals surface area contributed by atoms with Gasteiger partial charge in [-0.1, -0.05) is 29.3 Å². The van der Waals surface area contributed by atoms with E-state index in [1.807, 2.05) is 18.2 Å².